The minimum Gasteiger partial charge on any atom is -0.352 e. The van der Waals surface area contributed by atoms with Crippen LogP contribution in [-0.4, -0.2) is 63.2 Å². The first-order valence-electron chi connectivity index (χ1n) is 6.56. The summed E-state index contributed by atoms with van der Waals surface area (Å²) in [4.78, 5) is 4.60. The molecular weight excluding hydrogens is 216 g/mol. The topological polar surface area (TPSA) is 24.9 Å². The lowest BCUT2D eigenvalue weighted by atomic mass is 9.90. The van der Waals surface area contributed by atoms with Gasteiger partial charge in [0.15, 0.2) is 6.29 Å². The van der Waals surface area contributed by atoms with E-state index in [9.17, 15) is 0 Å². The number of nitrogens with zero attached hydrogens (tertiary/aromatic N) is 2. The van der Waals surface area contributed by atoms with Crippen molar-refractivity contribution in [3.63, 3.8) is 0 Å². The Morgan fingerprint density at radius 2 is 2.12 bits per heavy atom. The van der Waals surface area contributed by atoms with E-state index in [1.165, 1.54) is 6.42 Å². The number of rotatable bonds is 6. The van der Waals surface area contributed by atoms with Crippen LogP contribution >= 0.6 is 0 Å². The zero-order chi connectivity index (χ0) is 12.9. The summed E-state index contributed by atoms with van der Waals surface area (Å²) in [6.45, 7) is 11.1. The molecule has 0 bridgehead atoms. The zero-order valence-corrected chi connectivity index (χ0v) is 12.0. The van der Waals surface area contributed by atoms with Gasteiger partial charge in [0.25, 0.3) is 0 Å². The summed E-state index contributed by atoms with van der Waals surface area (Å²) >= 11 is 0. The molecule has 1 saturated heterocycles. The highest BCUT2D eigenvalue weighted by molar-refractivity contribution is 4.80. The largest absolute Gasteiger partial charge is 0.352 e. The third-order valence-corrected chi connectivity index (χ3v) is 3.08. The van der Waals surface area contributed by atoms with Gasteiger partial charge >= 0.3 is 0 Å². The summed E-state index contributed by atoms with van der Waals surface area (Å²) in [6.07, 6.45) is 1.13. The molecule has 1 unspecified atom stereocenters. The van der Waals surface area contributed by atoms with Crippen molar-refractivity contribution in [3.05, 3.63) is 0 Å². The fraction of sp³-hybridized carbons (Fsp3) is 1.00. The summed E-state index contributed by atoms with van der Waals surface area (Å²) in [7, 11) is 4.23. The Bertz CT molecular complexity index is 219. The van der Waals surface area contributed by atoms with Crippen molar-refractivity contribution >= 4 is 0 Å². The highest BCUT2D eigenvalue weighted by atomic mass is 16.7. The second-order valence-corrected chi connectivity index (χ2v) is 5.78. The second-order valence-electron chi connectivity index (χ2n) is 5.78. The molecule has 1 aliphatic heterocycles. The van der Waals surface area contributed by atoms with Crippen LogP contribution in [0.15, 0.2) is 0 Å². The lowest BCUT2D eigenvalue weighted by Gasteiger charge is -2.43. The third-order valence-electron chi connectivity index (χ3n) is 3.08. The van der Waals surface area contributed by atoms with Gasteiger partial charge < -0.3 is 14.4 Å². The van der Waals surface area contributed by atoms with Gasteiger partial charge in [-0.25, -0.2) is 0 Å². The van der Waals surface area contributed by atoms with E-state index in [2.05, 4.69) is 37.7 Å². The molecule has 0 amide bonds. The van der Waals surface area contributed by atoms with Gasteiger partial charge in [-0.15, -0.1) is 0 Å². The number of hydrogen-bond donors (Lipinski definition) is 0. The summed E-state index contributed by atoms with van der Waals surface area (Å²) in [5.41, 5.74) is 0.0758. The Hall–Kier alpha value is -0.160. The Balaban J connectivity index is 2.33. The van der Waals surface area contributed by atoms with Crippen molar-refractivity contribution in [2.75, 3.05) is 47.1 Å². The van der Waals surface area contributed by atoms with Crippen LogP contribution in [0.1, 0.15) is 27.2 Å². The zero-order valence-electron chi connectivity index (χ0n) is 12.0. The lowest BCUT2D eigenvalue weighted by molar-refractivity contribution is -0.252. The highest BCUT2D eigenvalue weighted by Gasteiger charge is 2.37. The van der Waals surface area contributed by atoms with Crippen molar-refractivity contribution in [1.29, 1.82) is 0 Å². The maximum Gasteiger partial charge on any atom is 0.165 e. The first-order chi connectivity index (χ1) is 7.95. The van der Waals surface area contributed by atoms with E-state index >= 15 is 0 Å². The van der Waals surface area contributed by atoms with E-state index in [-0.39, 0.29) is 11.7 Å². The Labute approximate surface area is 106 Å². The summed E-state index contributed by atoms with van der Waals surface area (Å²) < 4.78 is 11.4. The van der Waals surface area contributed by atoms with Gasteiger partial charge in [-0.2, -0.15) is 0 Å². The standard InChI is InChI=1S/C13H28N2O2/c1-6-16-12-13(2,3)10-15(11-17-12)9-7-8-14(4)5/h12H,6-11H2,1-5H3. The van der Waals surface area contributed by atoms with E-state index in [1.54, 1.807) is 0 Å². The predicted octanol–water partition coefficient (Wildman–Crippen LogP) is 1.62. The fourth-order valence-electron chi connectivity index (χ4n) is 2.27. The lowest BCUT2D eigenvalue weighted by Crippen LogP contribution is -2.51. The van der Waals surface area contributed by atoms with Crippen LogP contribution < -0.4 is 0 Å². The molecule has 0 aliphatic carbocycles. The normalized spacial score (nSPS) is 25.4. The van der Waals surface area contributed by atoms with Crippen molar-refractivity contribution in [2.45, 2.75) is 33.5 Å². The van der Waals surface area contributed by atoms with Crippen molar-refractivity contribution in [1.82, 2.24) is 9.80 Å². The molecule has 1 atom stereocenters. The minimum absolute atomic E-state index is 0.0578. The molecule has 0 spiro atoms. The molecule has 1 rings (SSSR count). The molecule has 0 radical (unpaired) electrons. The molecule has 102 valence electrons. The molecule has 0 aromatic carbocycles. The average Bonchev–Trinajstić information content (AvgIpc) is 2.21. The highest BCUT2D eigenvalue weighted by Crippen LogP contribution is 2.29. The Morgan fingerprint density at radius 3 is 2.65 bits per heavy atom. The molecule has 1 fully saturated rings. The summed E-state index contributed by atoms with van der Waals surface area (Å²) in [5.74, 6) is 0. The van der Waals surface area contributed by atoms with Crippen LogP contribution in [0.5, 0.6) is 0 Å². The molecule has 1 heterocycles. The quantitative estimate of drug-likeness (QED) is 0.709. The second kappa shape index (κ2) is 6.69. The molecule has 0 aromatic heterocycles. The summed E-state index contributed by atoms with van der Waals surface area (Å²) in [5, 5.41) is 0. The van der Waals surface area contributed by atoms with Gasteiger partial charge in [0.1, 0.15) is 6.73 Å². The maximum absolute atomic E-state index is 5.79. The first kappa shape index (κ1) is 14.9. The van der Waals surface area contributed by atoms with Gasteiger partial charge in [0, 0.05) is 25.1 Å². The number of ether oxygens (including phenoxy) is 2. The third kappa shape index (κ3) is 4.92. The monoisotopic (exact) mass is 244 g/mol. The van der Waals surface area contributed by atoms with Crippen LogP contribution in [0.2, 0.25) is 0 Å². The van der Waals surface area contributed by atoms with E-state index in [0.29, 0.717) is 13.3 Å². The molecule has 1 aliphatic rings. The Morgan fingerprint density at radius 1 is 1.41 bits per heavy atom. The van der Waals surface area contributed by atoms with Crippen LogP contribution in [0, 0.1) is 5.41 Å². The predicted molar refractivity (Wildman–Crippen MR) is 69.9 cm³/mol. The van der Waals surface area contributed by atoms with Crippen molar-refractivity contribution in [3.8, 4) is 0 Å². The van der Waals surface area contributed by atoms with E-state index in [0.717, 1.165) is 19.6 Å². The maximum atomic E-state index is 5.79. The van der Waals surface area contributed by atoms with Crippen LogP contribution in [-0.2, 0) is 9.47 Å². The first-order valence-corrected chi connectivity index (χ1v) is 6.56. The van der Waals surface area contributed by atoms with Crippen LogP contribution in [0.25, 0.3) is 0 Å². The molecule has 0 aromatic rings. The average molecular weight is 244 g/mol. The van der Waals surface area contributed by atoms with Crippen molar-refractivity contribution in [2.24, 2.45) is 5.41 Å². The van der Waals surface area contributed by atoms with Gasteiger partial charge in [-0.05, 0) is 34.0 Å². The summed E-state index contributed by atoms with van der Waals surface area (Å²) in [6, 6.07) is 0. The fourth-order valence-corrected chi connectivity index (χ4v) is 2.27. The van der Waals surface area contributed by atoms with Gasteiger partial charge in [0.2, 0.25) is 0 Å². The van der Waals surface area contributed by atoms with E-state index in [4.69, 9.17) is 9.47 Å². The SMILES string of the molecule is CCOC1OCN(CCCN(C)C)CC1(C)C. The Kier molecular flexibility index (Phi) is 5.86. The van der Waals surface area contributed by atoms with Gasteiger partial charge in [0.05, 0.1) is 0 Å². The smallest absolute Gasteiger partial charge is 0.165 e. The van der Waals surface area contributed by atoms with Crippen LogP contribution in [0.4, 0.5) is 0 Å². The van der Waals surface area contributed by atoms with Gasteiger partial charge in [-0.1, -0.05) is 13.8 Å². The minimum atomic E-state index is -0.0578. The molecule has 0 N–H and O–H groups in total. The molecule has 4 nitrogen and oxygen atoms in total. The van der Waals surface area contributed by atoms with E-state index < -0.39 is 0 Å². The van der Waals surface area contributed by atoms with Crippen molar-refractivity contribution < 1.29 is 9.47 Å². The van der Waals surface area contributed by atoms with Crippen LogP contribution in [0.3, 0.4) is 0 Å². The molecule has 4 heteroatoms. The van der Waals surface area contributed by atoms with E-state index in [1.807, 2.05) is 6.92 Å². The van der Waals surface area contributed by atoms with Gasteiger partial charge in [-0.3, -0.25) is 4.90 Å². The molecule has 17 heavy (non-hydrogen) atoms. The number of hydrogen-bond acceptors (Lipinski definition) is 4. The molecular formula is C13H28N2O2. The molecule has 0 saturated carbocycles.